The van der Waals surface area contributed by atoms with E-state index in [1.165, 1.54) is 19.1 Å². The summed E-state index contributed by atoms with van der Waals surface area (Å²) in [4.78, 5) is 31.3. The summed E-state index contributed by atoms with van der Waals surface area (Å²) in [5, 5.41) is -1.03. The number of aromatic nitrogens is 3. The highest BCUT2D eigenvalue weighted by atomic mass is 32.2. The number of ether oxygens (including phenoxy) is 4. The number of pyridine rings is 1. The maximum Gasteiger partial charge on any atom is 0.417 e. The number of aryl methyl sites for hydroxylation is 1. The Labute approximate surface area is 367 Å². The maximum atomic E-state index is 17.7. The van der Waals surface area contributed by atoms with E-state index in [-0.39, 0.29) is 36.5 Å². The minimum atomic E-state index is -5.24. The van der Waals surface area contributed by atoms with E-state index in [0.717, 1.165) is 19.2 Å². The van der Waals surface area contributed by atoms with E-state index < -0.39 is 103 Å². The molecule has 3 aliphatic rings. The number of carbonyl (C=O) groups is 1. The molecular formula is C45H47F5N6O7S. The van der Waals surface area contributed by atoms with Gasteiger partial charge in [-0.25, -0.2) is 36.9 Å². The first-order valence-electron chi connectivity index (χ1n) is 20.5. The first-order valence-corrected chi connectivity index (χ1v) is 22.4. The van der Waals surface area contributed by atoms with Crippen molar-refractivity contribution in [2.75, 3.05) is 36.8 Å². The van der Waals surface area contributed by atoms with Crippen LogP contribution < -0.4 is 24.0 Å². The number of methoxy groups -OCH3 is 2. The lowest BCUT2D eigenvalue weighted by Gasteiger charge is -2.48. The maximum absolute atomic E-state index is 17.7. The SMILES string of the molecule is COc1ccc(CN(Cc2ccc(OC)cc2)c2cc(C)c(C(F)(F)F)c(-c3nc4c5c(nc(S(C)(=O)=O)nc5c3F)N3C[C@H]5CC[C@@H]([C@H]3[C@H](C)O4)N5C(=O)OC(C)(C)C)c2F)cc1. The molecule has 0 N–H and O–H groups in total. The second kappa shape index (κ2) is 16.2. The van der Waals surface area contributed by atoms with Crippen molar-refractivity contribution < 1.29 is 54.1 Å². The number of nitrogens with zero attached hydrogens (tertiary/aromatic N) is 6. The number of piperazine rings is 1. The van der Waals surface area contributed by atoms with Crippen LogP contribution in [0.3, 0.4) is 0 Å². The first kappa shape index (κ1) is 44.6. The second-order valence-corrected chi connectivity index (χ2v) is 19.3. The molecule has 0 radical (unpaired) electrons. The fraction of sp³-hybridized carbons (Fsp3) is 0.422. The number of fused-ring (bicyclic) bond motifs is 5. The van der Waals surface area contributed by atoms with Crippen LogP contribution in [-0.2, 0) is 33.8 Å². The van der Waals surface area contributed by atoms with Crippen LogP contribution in [0.15, 0.2) is 59.8 Å². The first-order chi connectivity index (χ1) is 30.1. The summed E-state index contributed by atoms with van der Waals surface area (Å²) >= 11 is 0. The predicted molar refractivity (Wildman–Crippen MR) is 228 cm³/mol. The third-order valence-electron chi connectivity index (χ3n) is 11.8. The highest BCUT2D eigenvalue weighted by Crippen LogP contribution is 2.49. The van der Waals surface area contributed by atoms with Gasteiger partial charge in [-0.2, -0.15) is 13.2 Å². The largest absolute Gasteiger partial charge is 0.497 e. The van der Waals surface area contributed by atoms with Gasteiger partial charge in [0.15, 0.2) is 11.6 Å². The van der Waals surface area contributed by atoms with Gasteiger partial charge in [-0.3, -0.25) is 4.90 Å². The molecule has 2 saturated heterocycles. The topological polar surface area (TPSA) is 137 Å². The van der Waals surface area contributed by atoms with Crippen LogP contribution in [-0.4, -0.2) is 91.2 Å². The molecule has 0 spiro atoms. The van der Waals surface area contributed by atoms with Crippen molar-refractivity contribution in [3.05, 3.63) is 88.5 Å². The number of amides is 1. The third kappa shape index (κ3) is 8.18. The Morgan fingerprint density at radius 3 is 2.03 bits per heavy atom. The smallest absolute Gasteiger partial charge is 0.417 e. The average molecular weight is 911 g/mol. The van der Waals surface area contributed by atoms with Gasteiger partial charge in [-0.15, -0.1) is 0 Å². The standard InChI is InChI=1S/C45H47F5N6O7S/c1-23-19-31(54(20-25-9-14-28(60-6)15-10-25)21-26-11-16-29(61-7)17-12-26)35(46)32(34(23)45(48,49)50)37-36(47)38-33-40(53-42(52-38)64(8,58)59)55-22-27-13-18-30(39(55)24(2)62-41(33)51-37)56(27)43(57)63-44(3,4)5/h9-12,14-17,19,24,27,30,39H,13,18,20-22H2,1-8H3/t24-,27+,30-,39+/m0/s1. The number of sulfone groups is 1. The minimum absolute atomic E-state index is 0.00923. The molecule has 8 rings (SSSR count). The van der Waals surface area contributed by atoms with Crippen molar-refractivity contribution in [3.63, 3.8) is 0 Å². The van der Waals surface area contributed by atoms with E-state index in [4.69, 9.17) is 18.9 Å². The molecule has 5 heterocycles. The second-order valence-electron chi connectivity index (χ2n) is 17.4. The zero-order valence-corrected chi connectivity index (χ0v) is 37.2. The molecule has 0 unspecified atom stereocenters. The lowest BCUT2D eigenvalue weighted by molar-refractivity contribution is -0.137. The minimum Gasteiger partial charge on any atom is -0.497 e. The fourth-order valence-corrected chi connectivity index (χ4v) is 9.58. The number of alkyl halides is 3. The zero-order chi connectivity index (χ0) is 46.2. The Morgan fingerprint density at radius 1 is 0.906 bits per heavy atom. The molecule has 2 bridgehead atoms. The molecule has 340 valence electrons. The normalized spacial score (nSPS) is 19.5. The third-order valence-corrected chi connectivity index (χ3v) is 12.6. The Kier molecular flexibility index (Phi) is 11.3. The zero-order valence-electron chi connectivity index (χ0n) is 36.4. The van der Waals surface area contributed by atoms with Crippen molar-refractivity contribution in [1.82, 2.24) is 19.9 Å². The predicted octanol–water partition coefficient (Wildman–Crippen LogP) is 8.66. The molecular weight excluding hydrogens is 864 g/mol. The molecule has 3 aromatic carbocycles. The summed E-state index contributed by atoms with van der Waals surface area (Å²) in [6.07, 6.45) is -4.86. The Hall–Kier alpha value is -5.98. The Bertz CT molecular complexity index is 2700. The van der Waals surface area contributed by atoms with Gasteiger partial charge >= 0.3 is 12.3 Å². The summed E-state index contributed by atoms with van der Waals surface area (Å²) in [5.41, 5.74) is -4.81. The lowest BCUT2D eigenvalue weighted by Crippen LogP contribution is -2.65. The number of halogens is 5. The average Bonchev–Trinajstić information content (AvgIpc) is 3.47. The van der Waals surface area contributed by atoms with Crippen molar-refractivity contribution in [2.24, 2.45) is 0 Å². The number of hydrogen-bond acceptors (Lipinski definition) is 12. The van der Waals surface area contributed by atoms with Gasteiger partial charge in [0, 0.05) is 25.9 Å². The number of hydrogen-bond donors (Lipinski definition) is 0. The van der Waals surface area contributed by atoms with Gasteiger partial charge in [0.05, 0.1) is 49.2 Å². The molecule has 0 aliphatic carbocycles. The van der Waals surface area contributed by atoms with Gasteiger partial charge in [0.2, 0.25) is 20.9 Å². The summed E-state index contributed by atoms with van der Waals surface area (Å²) in [7, 11) is -1.30. The molecule has 13 nitrogen and oxygen atoms in total. The number of anilines is 2. The molecule has 1 amide bonds. The van der Waals surface area contributed by atoms with E-state index in [9.17, 15) is 13.2 Å². The van der Waals surface area contributed by atoms with Crippen LogP contribution >= 0.6 is 0 Å². The van der Waals surface area contributed by atoms with Crippen LogP contribution in [0.2, 0.25) is 0 Å². The van der Waals surface area contributed by atoms with Crippen LogP contribution in [0.4, 0.5) is 38.3 Å². The van der Waals surface area contributed by atoms with Gasteiger partial charge < -0.3 is 28.7 Å². The molecule has 19 heteroatoms. The molecule has 2 fully saturated rings. The molecule has 4 atom stereocenters. The van der Waals surface area contributed by atoms with Crippen LogP contribution in [0, 0.1) is 18.6 Å². The van der Waals surface area contributed by atoms with E-state index in [1.807, 2.05) is 0 Å². The highest BCUT2D eigenvalue weighted by Gasteiger charge is 2.54. The Balaban J connectivity index is 1.34. The fourth-order valence-electron chi connectivity index (χ4n) is 9.07. The van der Waals surface area contributed by atoms with Crippen molar-refractivity contribution in [1.29, 1.82) is 0 Å². The molecule has 0 saturated carbocycles. The Morgan fingerprint density at radius 2 is 1.50 bits per heavy atom. The van der Waals surface area contributed by atoms with Gasteiger partial charge in [0.1, 0.15) is 45.6 Å². The molecule has 64 heavy (non-hydrogen) atoms. The van der Waals surface area contributed by atoms with Crippen LogP contribution in [0.25, 0.3) is 22.2 Å². The van der Waals surface area contributed by atoms with E-state index in [2.05, 4.69) is 15.0 Å². The van der Waals surface area contributed by atoms with Crippen molar-refractivity contribution >= 4 is 38.3 Å². The van der Waals surface area contributed by atoms with Crippen LogP contribution in [0.1, 0.15) is 62.8 Å². The van der Waals surface area contributed by atoms with E-state index >= 15 is 22.0 Å². The number of benzene rings is 3. The lowest BCUT2D eigenvalue weighted by atomic mass is 9.95. The van der Waals surface area contributed by atoms with Crippen molar-refractivity contribution in [2.45, 2.75) is 102 Å². The summed E-state index contributed by atoms with van der Waals surface area (Å²) in [6, 6.07) is 13.0. The summed E-state index contributed by atoms with van der Waals surface area (Å²) in [6.45, 7) is 8.09. The highest BCUT2D eigenvalue weighted by molar-refractivity contribution is 7.90. The van der Waals surface area contributed by atoms with Gasteiger partial charge in [0.25, 0.3) is 0 Å². The van der Waals surface area contributed by atoms with Gasteiger partial charge in [-0.05, 0) is 94.5 Å². The van der Waals surface area contributed by atoms with Crippen LogP contribution in [0.5, 0.6) is 17.4 Å². The summed E-state index contributed by atoms with van der Waals surface area (Å²) < 4.78 is 131. The van der Waals surface area contributed by atoms with Crippen molar-refractivity contribution in [3.8, 4) is 28.6 Å². The molecule has 2 aromatic heterocycles. The van der Waals surface area contributed by atoms with Gasteiger partial charge in [-0.1, -0.05) is 24.3 Å². The molecule has 5 aromatic rings. The molecule has 3 aliphatic heterocycles. The summed E-state index contributed by atoms with van der Waals surface area (Å²) in [5.74, 6) is -2.40. The quantitative estimate of drug-likeness (QED) is 0.103. The number of carbonyl (C=O) groups excluding carboxylic acids is 1. The van der Waals surface area contributed by atoms with E-state index in [0.29, 0.717) is 35.5 Å². The van der Waals surface area contributed by atoms with E-state index in [1.54, 1.807) is 86.0 Å². The number of rotatable bonds is 9. The monoisotopic (exact) mass is 910 g/mol.